The van der Waals surface area contributed by atoms with Crippen molar-refractivity contribution in [2.75, 3.05) is 26.4 Å². The van der Waals surface area contributed by atoms with Crippen LogP contribution in [-0.2, 0) is 32.7 Å². The molecule has 53 heavy (non-hydrogen) atoms. The normalized spacial score (nSPS) is 13.7. The van der Waals surface area contributed by atoms with Crippen molar-refractivity contribution in [2.24, 2.45) is 5.73 Å². The maximum atomic E-state index is 12.5. The van der Waals surface area contributed by atoms with Gasteiger partial charge in [-0.25, -0.2) is 4.57 Å². The van der Waals surface area contributed by atoms with Crippen LogP contribution in [0.5, 0.6) is 0 Å². The maximum absolute atomic E-state index is 12.5. The van der Waals surface area contributed by atoms with Gasteiger partial charge in [0, 0.05) is 19.4 Å². The van der Waals surface area contributed by atoms with Gasteiger partial charge >= 0.3 is 19.8 Å². The molecule has 0 bridgehead atoms. The molecule has 3 N–H and O–H groups in total. The minimum Gasteiger partial charge on any atom is -0.462 e. The van der Waals surface area contributed by atoms with Crippen molar-refractivity contribution in [2.45, 2.75) is 200 Å². The predicted molar refractivity (Wildman–Crippen MR) is 220 cm³/mol. The second-order valence-electron chi connectivity index (χ2n) is 14.2. The molecule has 0 aromatic carbocycles. The van der Waals surface area contributed by atoms with E-state index in [4.69, 9.17) is 24.3 Å². The van der Waals surface area contributed by atoms with Crippen LogP contribution in [0.2, 0.25) is 0 Å². The quantitative estimate of drug-likeness (QED) is 0.0270. The molecule has 2 unspecified atom stereocenters. The van der Waals surface area contributed by atoms with E-state index < -0.39 is 26.5 Å². The average molecular weight is 770 g/mol. The van der Waals surface area contributed by atoms with Crippen molar-refractivity contribution in [3.63, 3.8) is 0 Å². The summed E-state index contributed by atoms with van der Waals surface area (Å²) in [4.78, 5) is 34.8. The zero-order valence-electron chi connectivity index (χ0n) is 34.0. The lowest BCUT2D eigenvalue weighted by Crippen LogP contribution is -2.29. The van der Waals surface area contributed by atoms with Gasteiger partial charge in [0.2, 0.25) is 0 Å². The number of hydrogen-bond acceptors (Lipinski definition) is 8. The molecule has 0 aromatic rings. The molecule has 0 aromatic heterocycles. The van der Waals surface area contributed by atoms with E-state index in [0.29, 0.717) is 6.42 Å². The summed E-state index contributed by atoms with van der Waals surface area (Å²) >= 11 is 0. The number of nitrogens with two attached hydrogens (primary N) is 1. The van der Waals surface area contributed by atoms with E-state index in [9.17, 15) is 19.0 Å². The number of allylic oxidation sites excluding steroid dienone is 6. The largest absolute Gasteiger partial charge is 0.472 e. The van der Waals surface area contributed by atoms with Crippen LogP contribution < -0.4 is 5.73 Å². The van der Waals surface area contributed by atoms with Crippen LogP contribution in [-0.4, -0.2) is 49.3 Å². The molecule has 0 aliphatic heterocycles. The van der Waals surface area contributed by atoms with E-state index in [1.165, 1.54) is 103 Å². The van der Waals surface area contributed by atoms with Crippen molar-refractivity contribution in [3.05, 3.63) is 36.5 Å². The molecule has 0 aliphatic rings. The Hall–Kier alpha value is -1.77. The summed E-state index contributed by atoms with van der Waals surface area (Å²) in [6, 6.07) is 0. The number of unbranched alkanes of at least 4 members (excludes halogenated alkanes) is 21. The first-order valence-corrected chi connectivity index (χ1v) is 23.0. The Morgan fingerprint density at radius 1 is 0.566 bits per heavy atom. The molecule has 0 saturated carbocycles. The predicted octanol–water partition coefficient (Wildman–Crippen LogP) is 12.2. The Balaban J connectivity index is 4.14. The topological polar surface area (TPSA) is 134 Å². The van der Waals surface area contributed by atoms with E-state index in [1.54, 1.807) is 0 Å². The van der Waals surface area contributed by atoms with Gasteiger partial charge in [-0.05, 0) is 70.6 Å². The van der Waals surface area contributed by atoms with E-state index in [1.807, 2.05) is 0 Å². The van der Waals surface area contributed by atoms with Crippen LogP contribution in [0, 0.1) is 0 Å². The molecule has 0 heterocycles. The van der Waals surface area contributed by atoms with Crippen molar-refractivity contribution < 1.29 is 37.6 Å². The Kier molecular flexibility index (Phi) is 38.6. The van der Waals surface area contributed by atoms with Crippen LogP contribution in [0.15, 0.2) is 36.5 Å². The van der Waals surface area contributed by atoms with Crippen molar-refractivity contribution >= 4 is 19.8 Å². The summed E-state index contributed by atoms with van der Waals surface area (Å²) in [5.41, 5.74) is 5.34. The minimum absolute atomic E-state index is 0.0513. The van der Waals surface area contributed by atoms with Crippen LogP contribution in [0.4, 0.5) is 0 Å². The van der Waals surface area contributed by atoms with E-state index in [2.05, 4.69) is 50.3 Å². The van der Waals surface area contributed by atoms with Crippen LogP contribution in [0.1, 0.15) is 194 Å². The van der Waals surface area contributed by atoms with E-state index in [-0.39, 0.29) is 38.6 Å². The summed E-state index contributed by atoms with van der Waals surface area (Å²) in [5.74, 6) is -0.842. The third-order valence-electron chi connectivity index (χ3n) is 9.00. The van der Waals surface area contributed by atoms with Crippen LogP contribution >= 0.6 is 7.82 Å². The summed E-state index contributed by atoms with van der Waals surface area (Å²) in [7, 11) is -4.38. The van der Waals surface area contributed by atoms with Crippen LogP contribution in [0.3, 0.4) is 0 Å². The average Bonchev–Trinajstić information content (AvgIpc) is 3.14. The molecular weight excluding hydrogens is 689 g/mol. The second kappa shape index (κ2) is 39.9. The van der Waals surface area contributed by atoms with Gasteiger partial charge in [-0.2, -0.15) is 0 Å². The van der Waals surface area contributed by atoms with Gasteiger partial charge in [0.15, 0.2) is 6.10 Å². The number of ether oxygens (including phenoxy) is 2. The number of esters is 2. The molecule has 0 fully saturated rings. The van der Waals surface area contributed by atoms with Gasteiger partial charge in [0.05, 0.1) is 13.2 Å². The molecule has 0 radical (unpaired) electrons. The number of phosphoric acid groups is 1. The number of hydrogen-bond donors (Lipinski definition) is 2. The highest BCUT2D eigenvalue weighted by atomic mass is 31.2. The summed E-state index contributed by atoms with van der Waals surface area (Å²) < 4.78 is 32.7. The Bertz CT molecular complexity index is 970. The lowest BCUT2D eigenvalue weighted by molar-refractivity contribution is -0.161. The zero-order chi connectivity index (χ0) is 38.9. The standard InChI is InChI=1S/C43H80NO8P/c1-3-5-7-9-11-13-15-17-18-19-20-21-22-24-25-27-29-31-33-35-42(45)49-39-41(40-51-53(47,48)50-38-37-44)52-43(46)36-34-32-30-28-26-23-16-14-12-10-8-6-4-2/h11,13-14,16-18,41H,3-10,12,15,19-40,44H2,1-2H3,(H,47,48). The number of rotatable bonds is 40. The molecule has 10 heteroatoms. The van der Waals surface area contributed by atoms with Gasteiger partial charge in [-0.15, -0.1) is 0 Å². The zero-order valence-corrected chi connectivity index (χ0v) is 34.9. The smallest absolute Gasteiger partial charge is 0.462 e. The summed E-state index contributed by atoms with van der Waals surface area (Å²) in [5, 5.41) is 0. The third kappa shape index (κ3) is 39.7. The second-order valence-corrected chi connectivity index (χ2v) is 15.7. The Morgan fingerprint density at radius 3 is 1.49 bits per heavy atom. The van der Waals surface area contributed by atoms with Crippen LogP contribution in [0.25, 0.3) is 0 Å². The van der Waals surface area contributed by atoms with Crippen molar-refractivity contribution in [1.82, 2.24) is 0 Å². The lowest BCUT2D eigenvalue weighted by atomic mass is 10.1. The first-order chi connectivity index (χ1) is 25.8. The minimum atomic E-state index is -4.38. The highest BCUT2D eigenvalue weighted by molar-refractivity contribution is 7.47. The van der Waals surface area contributed by atoms with Gasteiger partial charge in [-0.3, -0.25) is 18.6 Å². The fraction of sp³-hybridized carbons (Fsp3) is 0.814. The summed E-state index contributed by atoms with van der Waals surface area (Å²) in [6.45, 7) is 3.68. The van der Waals surface area contributed by atoms with E-state index >= 15 is 0 Å². The monoisotopic (exact) mass is 770 g/mol. The fourth-order valence-corrected chi connectivity index (χ4v) is 6.54. The molecule has 9 nitrogen and oxygen atoms in total. The molecule has 0 aliphatic carbocycles. The number of carbonyl (C=O) groups excluding carboxylic acids is 2. The molecule has 0 spiro atoms. The highest BCUT2D eigenvalue weighted by Gasteiger charge is 2.26. The molecule has 0 amide bonds. The third-order valence-corrected chi connectivity index (χ3v) is 9.98. The summed E-state index contributed by atoms with van der Waals surface area (Å²) in [6.07, 6.45) is 43.1. The van der Waals surface area contributed by atoms with Gasteiger partial charge in [0.1, 0.15) is 6.61 Å². The van der Waals surface area contributed by atoms with Gasteiger partial charge < -0.3 is 20.1 Å². The van der Waals surface area contributed by atoms with Crippen molar-refractivity contribution in [3.8, 4) is 0 Å². The highest BCUT2D eigenvalue weighted by Crippen LogP contribution is 2.43. The molecular formula is C43H80NO8P. The lowest BCUT2D eigenvalue weighted by Gasteiger charge is -2.19. The molecule has 0 saturated heterocycles. The van der Waals surface area contributed by atoms with Crippen molar-refractivity contribution in [1.29, 1.82) is 0 Å². The Morgan fingerprint density at radius 2 is 0.981 bits per heavy atom. The number of phosphoric ester groups is 1. The Labute approximate surface area is 324 Å². The van der Waals surface area contributed by atoms with E-state index in [0.717, 1.165) is 57.8 Å². The molecule has 0 rings (SSSR count). The molecule has 2 atom stereocenters. The van der Waals surface area contributed by atoms with Gasteiger partial charge in [-0.1, -0.05) is 147 Å². The fourth-order valence-electron chi connectivity index (χ4n) is 5.78. The first kappa shape index (κ1) is 51.2. The van der Waals surface area contributed by atoms with Gasteiger partial charge in [0.25, 0.3) is 0 Å². The SMILES string of the molecule is CCCCCC=CCC=CCCCCCCCCCCCC(=O)OCC(COP(=O)(O)OCCN)OC(=O)CCCCCCCC=CCCCCCC. The molecule has 310 valence electrons. The number of carbonyl (C=O) groups is 2. The first-order valence-electron chi connectivity index (χ1n) is 21.5. The maximum Gasteiger partial charge on any atom is 0.472 e.